The number of hydrogen-bond acceptors (Lipinski definition) is 4. The van der Waals surface area contributed by atoms with E-state index in [0.717, 1.165) is 16.5 Å². The van der Waals surface area contributed by atoms with Crippen LogP contribution in [-0.2, 0) is 9.53 Å². The second-order valence-electron chi connectivity index (χ2n) is 7.20. The van der Waals surface area contributed by atoms with Crippen LogP contribution in [0.5, 0.6) is 5.75 Å². The summed E-state index contributed by atoms with van der Waals surface area (Å²) in [5, 5.41) is 11.4. The van der Waals surface area contributed by atoms with Crippen molar-refractivity contribution in [2.24, 2.45) is 17.3 Å². The zero-order chi connectivity index (χ0) is 19.8. The Morgan fingerprint density at radius 3 is 2.52 bits per heavy atom. The lowest BCUT2D eigenvalue weighted by Crippen LogP contribution is -2.14. The Balaban J connectivity index is 1.80. The Hall–Kier alpha value is -2.22. The molecule has 0 aromatic heterocycles. The minimum absolute atomic E-state index is 0.0987. The average molecular weight is 404 g/mol. The van der Waals surface area contributed by atoms with Crippen LogP contribution < -0.4 is 4.74 Å². The van der Waals surface area contributed by atoms with Crippen LogP contribution in [0.1, 0.15) is 25.5 Å². The Kier molecular flexibility index (Phi) is 5.37. The van der Waals surface area contributed by atoms with Crippen molar-refractivity contribution >= 4 is 39.9 Å². The van der Waals surface area contributed by atoms with Crippen molar-refractivity contribution in [2.45, 2.75) is 20.0 Å². The first-order valence-corrected chi connectivity index (χ1v) is 9.24. The molecule has 0 unspecified atom stereocenters. The minimum atomic E-state index is -0.975. The number of fused-ring (bicyclic) bond motifs is 1. The van der Waals surface area contributed by atoms with Gasteiger partial charge < -0.3 is 9.47 Å². The summed E-state index contributed by atoms with van der Waals surface area (Å²) in [6, 6.07) is 13.2. The molecule has 0 spiro atoms. The first-order valence-electron chi connectivity index (χ1n) is 8.48. The number of methoxy groups -OCH3 is 1. The van der Waals surface area contributed by atoms with Gasteiger partial charge in [-0.05, 0) is 46.4 Å². The largest absolute Gasteiger partial charge is 0.497 e. The molecular formula is C21H19Cl2NO3. The van der Waals surface area contributed by atoms with Gasteiger partial charge in [-0.15, -0.1) is 0 Å². The summed E-state index contributed by atoms with van der Waals surface area (Å²) in [6.07, 6.45) is 0.677. The predicted molar refractivity (Wildman–Crippen MR) is 105 cm³/mol. The van der Waals surface area contributed by atoms with Gasteiger partial charge in [0, 0.05) is 5.56 Å². The molecule has 0 saturated heterocycles. The molecule has 0 bridgehead atoms. The number of allylic oxidation sites excluding steroid dienone is 1. The highest BCUT2D eigenvalue weighted by Crippen LogP contribution is 2.60. The second-order valence-corrected chi connectivity index (χ2v) is 8.21. The van der Waals surface area contributed by atoms with E-state index in [4.69, 9.17) is 32.7 Å². The van der Waals surface area contributed by atoms with Crippen LogP contribution >= 0.6 is 23.2 Å². The predicted octanol–water partition coefficient (Wildman–Crippen LogP) is 5.55. The standard InChI is InChI=1S/C21H19Cl2NO3/c1-21(2)16(10-18(22)23)19(21)20(25)27-17(11-24)14-5-4-13-9-15(26-3)7-6-12(13)8-14/h4-10,16-17,19H,1-3H3/t16-,17-,19+/m1/s1. The molecule has 0 amide bonds. The van der Waals surface area contributed by atoms with Gasteiger partial charge in [-0.3, -0.25) is 4.79 Å². The molecule has 1 aliphatic rings. The summed E-state index contributed by atoms with van der Waals surface area (Å²) in [4.78, 5) is 12.6. The number of nitrogens with zero attached hydrogens (tertiary/aromatic N) is 1. The lowest BCUT2D eigenvalue weighted by Gasteiger charge is -2.13. The molecule has 0 N–H and O–H groups in total. The van der Waals surface area contributed by atoms with Crippen molar-refractivity contribution < 1.29 is 14.3 Å². The molecule has 27 heavy (non-hydrogen) atoms. The third-order valence-corrected chi connectivity index (χ3v) is 5.45. The van der Waals surface area contributed by atoms with Crippen LogP contribution in [0.25, 0.3) is 10.8 Å². The van der Waals surface area contributed by atoms with Gasteiger partial charge in [0.1, 0.15) is 16.3 Å². The highest BCUT2D eigenvalue weighted by atomic mass is 35.5. The van der Waals surface area contributed by atoms with E-state index in [1.54, 1.807) is 19.3 Å². The van der Waals surface area contributed by atoms with E-state index in [2.05, 4.69) is 6.07 Å². The Morgan fingerprint density at radius 1 is 1.22 bits per heavy atom. The smallest absolute Gasteiger partial charge is 0.311 e. The molecule has 1 aliphatic carbocycles. The number of esters is 1. The van der Waals surface area contributed by atoms with E-state index < -0.39 is 12.1 Å². The summed E-state index contributed by atoms with van der Waals surface area (Å²) < 4.78 is 10.9. The fourth-order valence-corrected chi connectivity index (χ4v) is 3.74. The van der Waals surface area contributed by atoms with Crippen LogP contribution in [-0.4, -0.2) is 13.1 Å². The van der Waals surface area contributed by atoms with Gasteiger partial charge in [0.25, 0.3) is 0 Å². The molecule has 0 aliphatic heterocycles. The van der Waals surface area contributed by atoms with Gasteiger partial charge in [0.2, 0.25) is 6.10 Å². The molecule has 2 aromatic rings. The number of carbonyl (C=O) groups is 1. The fourth-order valence-electron chi connectivity index (χ4n) is 3.47. The van der Waals surface area contributed by atoms with Gasteiger partial charge in [0.15, 0.2) is 0 Å². The number of benzene rings is 2. The molecule has 0 radical (unpaired) electrons. The third kappa shape index (κ3) is 3.90. The summed E-state index contributed by atoms with van der Waals surface area (Å²) in [5.74, 6) is -0.132. The molecule has 140 valence electrons. The topological polar surface area (TPSA) is 59.3 Å². The molecular weight excluding hydrogens is 385 g/mol. The maximum Gasteiger partial charge on any atom is 0.311 e. The lowest BCUT2D eigenvalue weighted by molar-refractivity contribution is -0.149. The monoisotopic (exact) mass is 403 g/mol. The van der Waals surface area contributed by atoms with Crippen LogP contribution in [0.2, 0.25) is 0 Å². The number of nitriles is 1. The first-order chi connectivity index (χ1) is 12.8. The molecule has 1 fully saturated rings. The average Bonchev–Trinajstić information content (AvgIpc) is 3.17. The van der Waals surface area contributed by atoms with E-state index in [1.807, 2.05) is 44.2 Å². The Labute approximate surface area is 168 Å². The van der Waals surface area contributed by atoms with Crippen LogP contribution in [0.4, 0.5) is 0 Å². The van der Waals surface area contributed by atoms with Crippen molar-refractivity contribution in [3.05, 3.63) is 52.5 Å². The second kappa shape index (κ2) is 7.42. The van der Waals surface area contributed by atoms with Gasteiger partial charge >= 0.3 is 5.97 Å². The van der Waals surface area contributed by atoms with Crippen molar-refractivity contribution in [2.75, 3.05) is 7.11 Å². The molecule has 0 heterocycles. The highest BCUT2D eigenvalue weighted by Gasteiger charge is 2.62. The zero-order valence-corrected chi connectivity index (χ0v) is 16.7. The van der Waals surface area contributed by atoms with Crippen molar-refractivity contribution in [3.63, 3.8) is 0 Å². The van der Waals surface area contributed by atoms with Gasteiger partial charge in [-0.25, -0.2) is 0 Å². The van der Waals surface area contributed by atoms with Crippen molar-refractivity contribution in [3.8, 4) is 11.8 Å². The molecule has 1 saturated carbocycles. The quantitative estimate of drug-likeness (QED) is 0.614. The van der Waals surface area contributed by atoms with E-state index >= 15 is 0 Å². The SMILES string of the molecule is COc1ccc2cc([C@@H](C#N)OC(=O)[C@@H]3[C@@H](C=C(Cl)Cl)C3(C)C)ccc2c1. The number of rotatable bonds is 5. The highest BCUT2D eigenvalue weighted by molar-refractivity contribution is 6.55. The van der Waals surface area contributed by atoms with Crippen LogP contribution in [0, 0.1) is 28.6 Å². The van der Waals surface area contributed by atoms with E-state index in [-0.39, 0.29) is 21.7 Å². The number of halogens is 2. The molecule has 6 heteroatoms. The summed E-state index contributed by atoms with van der Waals surface area (Å²) in [7, 11) is 1.61. The van der Waals surface area contributed by atoms with E-state index in [9.17, 15) is 10.1 Å². The summed E-state index contributed by atoms with van der Waals surface area (Å²) >= 11 is 11.5. The number of hydrogen-bond donors (Lipinski definition) is 0. The Bertz CT molecular complexity index is 958. The molecule has 4 nitrogen and oxygen atoms in total. The molecule has 3 atom stereocenters. The Morgan fingerprint density at radius 2 is 1.89 bits per heavy atom. The minimum Gasteiger partial charge on any atom is -0.497 e. The van der Waals surface area contributed by atoms with Crippen molar-refractivity contribution in [1.82, 2.24) is 0 Å². The van der Waals surface area contributed by atoms with E-state index in [1.165, 1.54) is 0 Å². The first kappa shape index (κ1) is 19.5. The zero-order valence-electron chi connectivity index (χ0n) is 15.2. The van der Waals surface area contributed by atoms with Gasteiger partial charge in [-0.1, -0.05) is 55.2 Å². The summed E-state index contributed by atoms with van der Waals surface area (Å²) in [5.41, 5.74) is 0.330. The van der Waals surface area contributed by atoms with Crippen LogP contribution in [0.15, 0.2) is 47.0 Å². The number of carbonyl (C=O) groups excluding carboxylic acids is 1. The fraction of sp³-hybridized carbons (Fsp3) is 0.333. The normalized spacial score (nSPS) is 21.0. The van der Waals surface area contributed by atoms with E-state index in [0.29, 0.717) is 5.56 Å². The third-order valence-electron chi connectivity index (χ3n) is 5.20. The maximum absolute atomic E-state index is 12.6. The number of ether oxygens (including phenoxy) is 2. The summed E-state index contributed by atoms with van der Waals surface area (Å²) in [6.45, 7) is 3.89. The maximum atomic E-state index is 12.6. The van der Waals surface area contributed by atoms with Crippen LogP contribution in [0.3, 0.4) is 0 Å². The van der Waals surface area contributed by atoms with Gasteiger partial charge in [0.05, 0.1) is 13.0 Å². The van der Waals surface area contributed by atoms with Gasteiger partial charge in [-0.2, -0.15) is 5.26 Å². The molecule has 3 rings (SSSR count). The lowest BCUT2D eigenvalue weighted by atomic mass is 10.0. The van der Waals surface area contributed by atoms with Crippen molar-refractivity contribution in [1.29, 1.82) is 5.26 Å². The molecule has 2 aromatic carbocycles.